The summed E-state index contributed by atoms with van der Waals surface area (Å²) < 4.78 is 27.6. The Morgan fingerprint density at radius 2 is 1.66 bits per heavy atom. The lowest BCUT2D eigenvalue weighted by Gasteiger charge is -2.32. The summed E-state index contributed by atoms with van der Waals surface area (Å²) in [5.41, 5.74) is 1.89. The number of nitrogens with one attached hydrogen (secondary N) is 1. The van der Waals surface area contributed by atoms with Crippen molar-refractivity contribution in [2.45, 2.75) is 63.1 Å². The van der Waals surface area contributed by atoms with Crippen LogP contribution in [0.4, 0.5) is 0 Å². The van der Waals surface area contributed by atoms with Crippen molar-refractivity contribution < 1.29 is 22.8 Å². The molecule has 0 fully saturated rings. The molecular weight excluding hydrogens is 606 g/mol. The fourth-order valence-electron chi connectivity index (χ4n) is 4.80. The maximum Gasteiger partial charge on any atom is 0.269 e. The van der Waals surface area contributed by atoms with E-state index in [-0.39, 0.29) is 54.2 Å². The van der Waals surface area contributed by atoms with Gasteiger partial charge in [-0.15, -0.1) is 0 Å². The van der Waals surface area contributed by atoms with Crippen LogP contribution in [0.5, 0.6) is 0 Å². The number of hydrogen-bond acceptors (Lipinski definition) is 5. The molecule has 0 aliphatic carbocycles. The molecule has 41 heavy (non-hydrogen) atoms. The Morgan fingerprint density at radius 3 is 2.34 bits per heavy atom. The molecule has 0 aromatic heterocycles. The van der Waals surface area contributed by atoms with Crippen molar-refractivity contribution in [2.75, 3.05) is 6.54 Å². The molecule has 4 rings (SSSR count). The third kappa shape index (κ3) is 7.23. The van der Waals surface area contributed by atoms with Crippen LogP contribution < -0.4 is 5.32 Å². The number of sulfonamides is 1. The monoisotopic (exact) mass is 639 g/mol. The standard InChI is InChI=1S/C31H34BrN3O5S/c1-3-22(2)33-30(37)27(20-23-11-5-4-6-12-23)34(21-24-13-9-14-25(32)19-24)29(36)17-10-18-35-31(38)26-15-7-8-16-28(26)41(35,39)40/h4-9,11-16,19,22,27H,3,10,17-18,20-21H2,1-2H3,(H,33,37)/t22-,27-/m1/s1. The van der Waals surface area contributed by atoms with Crippen molar-refractivity contribution in [3.63, 3.8) is 0 Å². The molecule has 1 heterocycles. The Labute approximate surface area is 249 Å². The zero-order valence-electron chi connectivity index (χ0n) is 23.1. The van der Waals surface area contributed by atoms with Gasteiger partial charge in [-0.1, -0.05) is 77.5 Å². The predicted octanol–water partition coefficient (Wildman–Crippen LogP) is 4.93. The van der Waals surface area contributed by atoms with Gasteiger partial charge in [-0.3, -0.25) is 14.4 Å². The molecule has 0 spiro atoms. The number of fused-ring (bicyclic) bond motifs is 1. The van der Waals surface area contributed by atoms with E-state index >= 15 is 0 Å². The maximum atomic E-state index is 13.8. The van der Waals surface area contributed by atoms with E-state index in [9.17, 15) is 22.8 Å². The highest BCUT2D eigenvalue weighted by molar-refractivity contribution is 9.10. The van der Waals surface area contributed by atoms with Gasteiger partial charge in [0.15, 0.2) is 0 Å². The molecule has 0 saturated heterocycles. The molecule has 216 valence electrons. The zero-order valence-corrected chi connectivity index (χ0v) is 25.5. The molecule has 1 aliphatic rings. The second-order valence-corrected chi connectivity index (χ2v) is 12.9. The predicted molar refractivity (Wildman–Crippen MR) is 160 cm³/mol. The fourth-order valence-corrected chi connectivity index (χ4v) is 6.85. The van der Waals surface area contributed by atoms with Crippen LogP contribution >= 0.6 is 15.9 Å². The molecule has 8 nitrogen and oxygen atoms in total. The molecule has 3 aromatic carbocycles. The first-order chi connectivity index (χ1) is 19.6. The summed E-state index contributed by atoms with van der Waals surface area (Å²) >= 11 is 3.48. The Hall–Kier alpha value is -3.50. The second-order valence-electron chi connectivity index (χ2n) is 10.2. The molecule has 0 unspecified atom stereocenters. The van der Waals surface area contributed by atoms with Crippen molar-refractivity contribution in [1.82, 2.24) is 14.5 Å². The first kappa shape index (κ1) is 30.5. The fraction of sp³-hybridized carbons (Fsp3) is 0.323. The Bertz CT molecular complexity index is 1510. The van der Waals surface area contributed by atoms with Gasteiger partial charge >= 0.3 is 0 Å². The summed E-state index contributed by atoms with van der Waals surface area (Å²) in [4.78, 5) is 41.8. The highest BCUT2D eigenvalue weighted by Gasteiger charge is 2.40. The summed E-state index contributed by atoms with van der Waals surface area (Å²) in [6.07, 6.45) is 1.14. The summed E-state index contributed by atoms with van der Waals surface area (Å²) in [6.45, 7) is 3.96. The highest BCUT2D eigenvalue weighted by Crippen LogP contribution is 2.30. The van der Waals surface area contributed by atoms with E-state index in [0.717, 1.165) is 26.3 Å². The van der Waals surface area contributed by atoms with Gasteiger partial charge in [-0.05, 0) is 55.2 Å². The van der Waals surface area contributed by atoms with Gasteiger partial charge in [-0.25, -0.2) is 12.7 Å². The van der Waals surface area contributed by atoms with Gasteiger partial charge in [-0.2, -0.15) is 0 Å². The zero-order chi connectivity index (χ0) is 29.6. The summed E-state index contributed by atoms with van der Waals surface area (Å²) in [5, 5.41) is 3.04. The summed E-state index contributed by atoms with van der Waals surface area (Å²) in [7, 11) is -3.96. The number of nitrogens with zero attached hydrogens (tertiary/aromatic N) is 2. The molecule has 3 amide bonds. The maximum absolute atomic E-state index is 13.8. The van der Waals surface area contributed by atoms with Crippen molar-refractivity contribution in [3.8, 4) is 0 Å². The number of benzene rings is 3. The Balaban J connectivity index is 1.57. The molecule has 0 radical (unpaired) electrons. The molecular formula is C31H34BrN3O5S. The van der Waals surface area contributed by atoms with Crippen LogP contribution in [-0.2, 0) is 32.6 Å². The van der Waals surface area contributed by atoms with E-state index in [4.69, 9.17) is 0 Å². The molecule has 0 bridgehead atoms. The topological polar surface area (TPSA) is 104 Å². The minimum Gasteiger partial charge on any atom is -0.352 e. The Kier molecular flexibility index (Phi) is 9.99. The van der Waals surface area contributed by atoms with Gasteiger partial charge in [0.25, 0.3) is 15.9 Å². The lowest BCUT2D eigenvalue weighted by molar-refractivity contribution is -0.141. The van der Waals surface area contributed by atoms with E-state index in [2.05, 4.69) is 21.2 Å². The number of halogens is 1. The van der Waals surface area contributed by atoms with E-state index in [1.807, 2.05) is 68.4 Å². The minimum atomic E-state index is -3.96. The first-order valence-corrected chi connectivity index (χ1v) is 15.9. The lowest BCUT2D eigenvalue weighted by Crippen LogP contribution is -2.52. The Morgan fingerprint density at radius 1 is 0.976 bits per heavy atom. The smallest absolute Gasteiger partial charge is 0.269 e. The number of rotatable bonds is 12. The molecule has 1 aliphatic heterocycles. The van der Waals surface area contributed by atoms with Crippen molar-refractivity contribution >= 4 is 43.7 Å². The average molecular weight is 641 g/mol. The first-order valence-electron chi connectivity index (χ1n) is 13.7. The number of amides is 3. The van der Waals surface area contributed by atoms with Crippen LogP contribution in [0.2, 0.25) is 0 Å². The number of carbonyl (C=O) groups is 3. The largest absolute Gasteiger partial charge is 0.352 e. The van der Waals surface area contributed by atoms with Gasteiger partial charge in [0.2, 0.25) is 11.8 Å². The second kappa shape index (κ2) is 13.4. The normalized spacial score (nSPS) is 15.2. The van der Waals surface area contributed by atoms with E-state index < -0.39 is 22.0 Å². The van der Waals surface area contributed by atoms with Crippen LogP contribution in [0.15, 0.2) is 88.2 Å². The third-order valence-electron chi connectivity index (χ3n) is 7.18. The molecule has 0 saturated carbocycles. The van der Waals surface area contributed by atoms with Gasteiger partial charge in [0.1, 0.15) is 10.9 Å². The highest BCUT2D eigenvalue weighted by atomic mass is 79.9. The lowest BCUT2D eigenvalue weighted by atomic mass is 10.0. The molecule has 2 atom stereocenters. The minimum absolute atomic E-state index is 0.0164. The molecule has 10 heteroatoms. The van der Waals surface area contributed by atoms with E-state index in [1.165, 1.54) is 12.1 Å². The average Bonchev–Trinajstić information content (AvgIpc) is 3.15. The SMILES string of the molecule is CC[C@@H](C)NC(=O)[C@@H](Cc1ccccc1)N(Cc1cccc(Br)c1)C(=O)CCCN1C(=O)c2ccccc2S1(=O)=O. The number of hydrogen-bond donors (Lipinski definition) is 1. The summed E-state index contributed by atoms with van der Waals surface area (Å²) in [5.74, 6) is -1.14. The quantitative estimate of drug-likeness (QED) is 0.303. The molecule has 3 aromatic rings. The number of carbonyl (C=O) groups excluding carboxylic acids is 3. The molecule has 1 N–H and O–H groups in total. The van der Waals surface area contributed by atoms with Crippen molar-refractivity contribution in [3.05, 3.63) is 100 Å². The van der Waals surface area contributed by atoms with E-state index in [0.29, 0.717) is 6.42 Å². The van der Waals surface area contributed by atoms with Gasteiger partial charge in [0.05, 0.1) is 5.56 Å². The van der Waals surface area contributed by atoms with Gasteiger partial charge in [0, 0.05) is 36.4 Å². The van der Waals surface area contributed by atoms with Crippen molar-refractivity contribution in [2.24, 2.45) is 0 Å². The van der Waals surface area contributed by atoms with Crippen LogP contribution in [0.3, 0.4) is 0 Å². The third-order valence-corrected chi connectivity index (χ3v) is 9.51. The van der Waals surface area contributed by atoms with Crippen LogP contribution in [0.1, 0.15) is 54.6 Å². The van der Waals surface area contributed by atoms with Crippen molar-refractivity contribution in [1.29, 1.82) is 0 Å². The summed E-state index contributed by atoms with van der Waals surface area (Å²) in [6, 6.07) is 22.3. The van der Waals surface area contributed by atoms with Gasteiger partial charge < -0.3 is 10.2 Å². The van der Waals surface area contributed by atoms with Crippen LogP contribution in [0, 0.1) is 0 Å². The van der Waals surface area contributed by atoms with Crippen LogP contribution in [-0.4, -0.2) is 54.0 Å². The van der Waals surface area contributed by atoms with E-state index in [1.54, 1.807) is 17.0 Å². The van der Waals surface area contributed by atoms with Crippen LogP contribution in [0.25, 0.3) is 0 Å².